The van der Waals surface area contributed by atoms with Gasteiger partial charge >= 0.3 is 0 Å². The summed E-state index contributed by atoms with van der Waals surface area (Å²) in [5, 5.41) is 3.98. The zero-order valence-corrected chi connectivity index (χ0v) is 14.5. The van der Waals surface area contributed by atoms with Crippen LogP contribution in [-0.4, -0.2) is 22.2 Å². The van der Waals surface area contributed by atoms with Crippen molar-refractivity contribution >= 4 is 28.8 Å². The molecule has 4 saturated carbocycles. The highest BCUT2D eigenvalue weighted by atomic mass is 32.2. The second-order valence-corrected chi connectivity index (χ2v) is 8.91. The minimum absolute atomic E-state index is 0.0910. The first kappa shape index (κ1) is 14.8. The number of nitrogens with zero attached hydrogens (tertiary/aromatic N) is 1. The number of oxazole rings is 1. The zero-order chi connectivity index (χ0) is 16.1. The molecule has 5 heteroatoms. The maximum absolute atomic E-state index is 12.5. The van der Waals surface area contributed by atoms with E-state index in [9.17, 15) is 4.79 Å². The average Bonchev–Trinajstić information content (AvgIpc) is 2.94. The number of nitrogens with one attached hydrogen (secondary N) is 1. The third kappa shape index (κ3) is 2.63. The highest BCUT2D eigenvalue weighted by molar-refractivity contribution is 7.99. The van der Waals surface area contributed by atoms with Crippen molar-refractivity contribution in [2.45, 2.75) is 49.3 Å². The Morgan fingerprint density at radius 1 is 1.17 bits per heavy atom. The van der Waals surface area contributed by atoms with Gasteiger partial charge in [0.15, 0.2) is 5.58 Å². The van der Waals surface area contributed by atoms with Gasteiger partial charge < -0.3 is 9.73 Å². The minimum Gasteiger partial charge on any atom is -0.431 e. The number of hydrogen-bond donors (Lipinski definition) is 1. The van der Waals surface area contributed by atoms with Crippen molar-refractivity contribution in [3.63, 3.8) is 0 Å². The third-order valence-electron chi connectivity index (χ3n) is 6.04. The molecule has 4 aliphatic carbocycles. The largest absolute Gasteiger partial charge is 0.431 e. The second-order valence-electron chi connectivity index (χ2n) is 7.98. The van der Waals surface area contributed by atoms with Crippen LogP contribution in [0.15, 0.2) is 33.9 Å². The quantitative estimate of drug-likeness (QED) is 0.853. The van der Waals surface area contributed by atoms with E-state index in [2.05, 4.69) is 10.3 Å². The van der Waals surface area contributed by atoms with Gasteiger partial charge in [-0.15, -0.1) is 0 Å². The Bertz CT molecular complexity index is 716. The van der Waals surface area contributed by atoms with E-state index < -0.39 is 0 Å². The molecular weight excluding hydrogens is 320 g/mol. The summed E-state index contributed by atoms with van der Waals surface area (Å²) in [6.45, 7) is 0. The smallest absolute Gasteiger partial charge is 0.257 e. The van der Waals surface area contributed by atoms with Crippen molar-refractivity contribution in [1.82, 2.24) is 10.3 Å². The van der Waals surface area contributed by atoms with Crippen LogP contribution in [0.4, 0.5) is 0 Å². The SMILES string of the molecule is O=C(CSc1nc2ccccc2o1)NC12CC3CC(CC(C3)C1)C2. The van der Waals surface area contributed by atoms with Gasteiger partial charge in [-0.25, -0.2) is 4.98 Å². The lowest BCUT2D eigenvalue weighted by molar-refractivity contribution is -0.124. The first-order chi connectivity index (χ1) is 11.7. The summed E-state index contributed by atoms with van der Waals surface area (Å²) in [7, 11) is 0. The number of para-hydroxylation sites is 2. The van der Waals surface area contributed by atoms with Crippen molar-refractivity contribution in [3.8, 4) is 0 Å². The van der Waals surface area contributed by atoms with Crippen molar-refractivity contribution < 1.29 is 9.21 Å². The number of thioether (sulfide) groups is 1. The molecule has 0 atom stereocenters. The fourth-order valence-electron chi connectivity index (χ4n) is 5.64. The highest BCUT2D eigenvalue weighted by Gasteiger charge is 2.51. The predicted molar refractivity (Wildman–Crippen MR) is 93.8 cm³/mol. The summed E-state index contributed by atoms with van der Waals surface area (Å²) in [5.41, 5.74) is 1.72. The number of carbonyl (C=O) groups excluding carboxylic acids is 1. The maximum atomic E-state index is 12.5. The van der Waals surface area contributed by atoms with Crippen LogP contribution in [0.2, 0.25) is 0 Å². The fraction of sp³-hybridized carbons (Fsp3) is 0.579. The monoisotopic (exact) mass is 342 g/mol. The van der Waals surface area contributed by atoms with E-state index in [4.69, 9.17) is 4.42 Å². The standard InChI is InChI=1S/C19H22N2O2S/c22-17(11-24-18-20-15-3-1-2-4-16(15)23-18)21-19-8-12-5-13(9-19)7-14(6-12)10-19/h1-4,12-14H,5-11H2,(H,21,22). The number of amides is 1. The Morgan fingerprint density at radius 3 is 2.50 bits per heavy atom. The van der Waals surface area contributed by atoms with Crippen molar-refractivity contribution in [3.05, 3.63) is 24.3 Å². The predicted octanol–water partition coefficient (Wildman–Crippen LogP) is 4.00. The minimum atomic E-state index is 0.0910. The molecule has 24 heavy (non-hydrogen) atoms. The van der Waals surface area contributed by atoms with Gasteiger partial charge in [0, 0.05) is 5.54 Å². The van der Waals surface area contributed by atoms with Gasteiger partial charge in [-0.1, -0.05) is 23.9 Å². The average molecular weight is 342 g/mol. The van der Waals surface area contributed by atoms with E-state index in [1.165, 1.54) is 50.3 Å². The molecule has 126 valence electrons. The summed E-state index contributed by atoms with van der Waals surface area (Å²) < 4.78 is 5.68. The molecule has 1 aromatic heterocycles. The van der Waals surface area contributed by atoms with Gasteiger partial charge in [0.25, 0.3) is 5.22 Å². The highest BCUT2D eigenvalue weighted by Crippen LogP contribution is 2.55. The molecule has 4 nitrogen and oxygen atoms in total. The van der Waals surface area contributed by atoms with Crippen LogP contribution in [0.1, 0.15) is 38.5 Å². The van der Waals surface area contributed by atoms with Crippen molar-refractivity contribution in [2.75, 3.05) is 5.75 Å². The first-order valence-corrected chi connectivity index (χ1v) is 9.95. The lowest BCUT2D eigenvalue weighted by Crippen LogP contribution is -2.60. The molecule has 0 radical (unpaired) electrons. The van der Waals surface area contributed by atoms with Gasteiger partial charge in [-0.3, -0.25) is 4.79 Å². The van der Waals surface area contributed by atoms with E-state index in [1.807, 2.05) is 24.3 Å². The van der Waals surface area contributed by atoms with Crippen molar-refractivity contribution in [2.24, 2.45) is 17.8 Å². The zero-order valence-electron chi connectivity index (χ0n) is 13.7. The molecule has 4 bridgehead atoms. The summed E-state index contributed by atoms with van der Waals surface area (Å²) >= 11 is 1.39. The summed E-state index contributed by atoms with van der Waals surface area (Å²) in [4.78, 5) is 16.9. The van der Waals surface area contributed by atoms with Crippen LogP contribution >= 0.6 is 11.8 Å². The maximum Gasteiger partial charge on any atom is 0.257 e. The van der Waals surface area contributed by atoms with E-state index in [0.717, 1.165) is 28.9 Å². The second kappa shape index (κ2) is 5.51. The number of fused-ring (bicyclic) bond motifs is 1. The Morgan fingerprint density at radius 2 is 1.83 bits per heavy atom. The molecule has 0 aliphatic heterocycles. The van der Waals surface area contributed by atoms with Crippen LogP contribution in [0.25, 0.3) is 11.1 Å². The lowest BCUT2D eigenvalue weighted by atomic mass is 9.53. The topological polar surface area (TPSA) is 55.1 Å². The summed E-state index contributed by atoms with van der Waals surface area (Å²) in [6.07, 6.45) is 7.77. The third-order valence-corrected chi connectivity index (χ3v) is 6.87. The van der Waals surface area contributed by atoms with E-state index in [-0.39, 0.29) is 11.4 Å². The molecule has 6 rings (SSSR count). The number of carbonyl (C=O) groups is 1. The molecule has 1 N–H and O–H groups in total. The molecule has 0 saturated heterocycles. The molecular formula is C19H22N2O2S. The van der Waals surface area contributed by atoms with Gasteiger partial charge in [0.1, 0.15) is 5.52 Å². The number of hydrogen-bond acceptors (Lipinski definition) is 4. The van der Waals surface area contributed by atoms with Crippen molar-refractivity contribution in [1.29, 1.82) is 0 Å². The van der Waals surface area contributed by atoms with Crippen LogP contribution in [0.3, 0.4) is 0 Å². The van der Waals surface area contributed by atoms with Gasteiger partial charge in [-0.2, -0.15) is 0 Å². The van der Waals surface area contributed by atoms with Crippen LogP contribution in [0.5, 0.6) is 0 Å². The van der Waals surface area contributed by atoms with Gasteiger partial charge in [0.05, 0.1) is 5.75 Å². The fourth-order valence-corrected chi connectivity index (χ4v) is 6.27. The molecule has 4 fully saturated rings. The van der Waals surface area contributed by atoms with Gasteiger partial charge in [0.2, 0.25) is 5.91 Å². The Balaban J connectivity index is 1.23. The Hall–Kier alpha value is -1.49. The Labute approximate surface area is 145 Å². The molecule has 0 unspecified atom stereocenters. The normalized spacial score (nSPS) is 33.9. The van der Waals surface area contributed by atoms with Crippen LogP contribution in [-0.2, 0) is 4.79 Å². The van der Waals surface area contributed by atoms with E-state index >= 15 is 0 Å². The molecule has 1 aromatic carbocycles. The summed E-state index contributed by atoms with van der Waals surface area (Å²) in [5.74, 6) is 3.06. The number of rotatable bonds is 4. The molecule has 0 spiro atoms. The molecule has 2 aromatic rings. The van der Waals surface area contributed by atoms with Gasteiger partial charge in [-0.05, 0) is 68.4 Å². The van der Waals surface area contributed by atoms with Crippen LogP contribution < -0.4 is 5.32 Å². The Kier molecular flexibility index (Phi) is 3.40. The van der Waals surface area contributed by atoms with E-state index in [0.29, 0.717) is 11.0 Å². The lowest BCUT2D eigenvalue weighted by Gasteiger charge is -2.56. The van der Waals surface area contributed by atoms with Crippen LogP contribution in [0, 0.1) is 17.8 Å². The molecule has 4 aliphatic rings. The summed E-state index contributed by atoms with van der Waals surface area (Å²) in [6, 6.07) is 7.71. The number of aromatic nitrogens is 1. The van der Waals surface area contributed by atoms with E-state index in [1.54, 1.807) is 0 Å². The molecule has 1 heterocycles. The number of benzene rings is 1. The first-order valence-electron chi connectivity index (χ1n) is 8.97. The molecule has 1 amide bonds.